The molecule has 0 spiro atoms. The highest BCUT2D eigenvalue weighted by molar-refractivity contribution is 6.32. The third-order valence-corrected chi connectivity index (χ3v) is 3.28. The molecule has 1 aromatic heterocycles. The highest BCUT2D eigenvalue weighted by Crippen LogP contribution is 2.29. The molecule has 0 unspecified atom stereocenters. The third-order valence-electron chi connectivity index (χ3n) is 2.98. The third kappa shape index (κ3) is 5.18. The van der Waals surface area contributed by atoms with Gasteiger partial charge in [0.05, 0.1) is 16.7 Å². The van der Waals surface area contributed by atoms with Crippen molar-refractivity contribution in [1.82, 2.24) is 4.98 Å². The molecule has 0 aliphatic rings. The molecule has 9 heteroatoms. The summed E-state index contributed by atoms with van der Waals surface area (Å²) in [5.74, 6) is -1.56. The maximum atomic E-state index is 12.4. The molecule has 0 aliphatic heterocycles. The Morgan fingerprint density at radius 1 is 1.00 bits per heavy atom. The van der Waals surface area contributed by atoms with Gasteiger partial charge in [-0.05, 0) is 36.4 Å². The minimum absolute atomic E-state index is 0.0192. The zero-order chi connectivity index (χ0) is 18.4. The Morgan fingerprint density at radius 3 is 2.16 bits per heavy atom. The summed E-state index contributed by atoms with van der Waals surface area (Å²) in [4.78, 5) is 27.1. The fraction of sp³-hybridized carbons (Fsp3) is 0.188. The molecule has 0 radical (unpaired) electrons. The minimum Gasteiger partial charge on any atom is -0.458 e. The summed E-state index contributed by atoms with van der Waals surface area (Å²) in [7, 11) is 0. The Balaban J connectivity index is 1.81. The topological polar surface area (TPSA) is 65.5 Å². The van der Waals surface area contributed by atoms with Crippen molar-refractivity contribution in [3.63, 3.8) is 0 Å². The smallest absolute Gasteiger partial charge is 0.416 e. The number of carbonyl (C=O) groups excluding carboxylic acids is 2. The number of esters is 2. The van der Waals surface area contributed by atoms with Crippen LogP contribution in [-0.2, 0) is 15.7 Å². The molecule has 1 heterocycles. The van der Waals surface area contributed by atoms with Crippen LogP contribution >= 0.6 is 11.6 Å². The molecule has 0 N–H and O–H groups in total. The van der Waals surface area contributed by atoms with E-state index < -0.39 is 23.7 Å². The standard InChI is InChI=1S/C16H11ClF3NO4/c17-13-12(2-1-7-21-13)15(23)25-9-8-24-14(22)10-3-5-11(6-4-10)16(18,19)20/h1-7H,8-9H2. The summed E-state index contributed by atoms with van der Waals surface area (Å²) in [6.07, 6.45) is -3.07. The number of hydrogen-bond acceptors (Lipinski definition) is 5. The predicted molar refractivity (Wildman–Crippen MR) is 81.3 cm³/mol. The fourth-order valence-corrected chi connectivity index (χ4v) is 1.96. The number of hydrogen-bond donors (Lipinski definition) is 0. The first kappa shape index (κ1) is 18.7. The molecule has 2 aromatic rings. The number of nitrogens with zero attached hydrogens (tertiary/aromatic N) is 1. The SMILES string of the molecule is O=C(OCCOC(=O)c1cccnc1Cl)c1ccc(C(F)(F)F)cc1. The normalized spacial score (nSPS) is 11.0. The van der Waals surface area contributed by atoms with Gasteiger partial charge in [0, 0.05) is 6.20 Å². The lowest BCUT2D eigenvalue weighted by molar-refractivity contribution is -0.137. The maximum absolute atomic E-state index is 12.4. The van der Waals surface area contributed by atoms with Gasteiger partial charge < -0.3 is 9.47 Å². The molecular formula is C16H11ClF3NO4. The molecule has 2 rings (SSSR count). The molecular weight excluding hydrogens is 363 g/mol. The second-order valence-corrected chi connectivity index (χ2v) is 5.05. The van der Waals surface area contributed by atoms with E-state index in [1.165, 1.54) is 18.3 Å². The Hall–Kier alpha value is -2.61. The van der Waals surface area contributed by atoms with Crippen LogP contribution < -0.4 is 0 Å². The molecule has 0 saturated heterocycles. The van der Waals surface area contributed by atoms with Gasteiger partial charge in [-0.25, -0.2) is 14.6 Å². The molecule has 0 amide bonds. The average Bonchev–Trinajstić information content (AvgIpc) is 2.58. The monoisotopic (exact) mass is 373 g/mol. The fourth-order valence-electron chi connectivity index (χ4n) is 1.76. The maximum Gasteiger partial charge on any atom is 0.416 e. The first-order chi connectivity index (χ1) is 11.8. The molecule has 0 bridgehead atoms. The molecule has 25 heavy (non-hydrogen) atoms. The number of benzene rings is 1. The van der Waals surface area contributed by atoms with Crippen LogP contribution in [0.3, 0.4) is 0 Å². The summed E-state index contributed by atoms with van der Waals surface area (Å²) in [5.41, 5.74) is -0.848. The zero-order valence-corrected chi connectivity index (χ0v) is 13.3. The largest absolute Gasteiger partial charge is 0.458 e. The van der Waals surface area contributed by atoms with E-state index in [0.717, 1.165) is 24.3 Å². The van der Waals surface area contributed by atoms with E-state index in [0.29, 0.717) is 0 Å². The molecule has 0 saturated carbocycles. The Bertz CT molecular complexity index is 763. The molecule has 0 atom stereocenters. The van der Waals surface area contributed by atoms with Crippen molar-refractivity contribution >= 4 is 23.5 Å². The number of alkyl halides is 3. The summed E-state index contributed by atoms with van der Waals surface area (Å²) >= 11 is 5.73. The van der Waals surface area contributed by atoms with Crippen molar-refractivity contribution in [1.29, 1.82) is 0 Å². The molecule has 5 nitrogen and oxygen atoms in total. The highest BCUT2D eigenvalue weighted by Gasteiger charge is 2.30. The second-order valence-electron chi connectivity index (χ2n) is 4.69. The number of carbonyl (C=O) groups is 2. The van der Waals surface area contributed by atoms with Crippen LogP contribution in [0.5, 0.6) is 0 Å². The summed E-state index contributed by atoms with van der Waals surface area (Å²) in [5, 5.41) is -0.0192. The van der Waals surface area contributed by atoms with Crippen LogP contribution in [0.15, 0.2) is 42.6 Å². The lowest BCUT2D eigenvalue weighted by atomic mass is 10.1. The average molecular weight is 374 g/mol. The van der Waals surface area contributed by atoms with E-state index >= 15 is 0 Å². The van der Waals surface area contributed by atoms with Crippen molar-refractivity contribution in [2.75, 3.05) is 13.2 Å². The van der Waals surface area contributed by atoms with Crippen molar-refractivity contribution < 1.29 is 32.2 Å². The zero-order valence-electron chi connectivity index (χ0n) is 12.5. The van der Waals surface area contributed by atoms with Gasteiger partial charge in [-0.15, -0.1) is 0 Å². The quantitative estimate of drug-likeness (QED) is 0.453. The van der Waals surface area contributed by atoms with E-state index in [1.54, 1.807) is 0 Å². The Kier molecular flexibility index (Phi) is 5.97. The van der Waals surface area contributed by atoms with Crippen LogP contribution in [0, 0.1) is 0 Å². The molecule has 1 aromatic carbocycles. The first-order valence-corrected chi connectivity index (χ1v) is 7.29. The van der Waals surface area contributed by atoms with Crippen LogP contribution in [0.4, 0.5) is 13.2 Å². The van der Waals surface area contributed by atoms with Crippen LogP contribution in [0.25, 0.3) is 0 Å². The van der Waals surface area contributed by atoms with Crippen molar-refractivity contribution in [2.24, 2.45) is 0 Å². The second kappa shape index (κ2) is 7.98. The van der Waals surface area contributed by atoms with Crippen LogP contribution in [0.2, 0.25) is 5.15 Å². The number of rotatable bonds is 5. The van der Waals surface area contributed by atoms with E-state index in [4.69, 9.17) is 21.1 Å². The van der Waals surface area contributed by atoms with Crippen LogP contribution in [0.1, 0.15) is 26.3 Å². The Labute approximate surface area is 145 Å². The van der Waals surface area contributed by atoms with Gasteiger partial charge in [0.1, 0.15) is 18.4 Å². The van der Waals surface area contributed by atoms with Gasteiger partial charge in [-0.2, -0.15) is 13.2 Å². The first-order valence-electron chi connectivity index (χ1n) is 6.91. The molecule has 132 valence electrons. The number of aromatic nitrogens is 1. The molecule has 0 fully saturated rings. The van der Waals surface area contributed by atoms with Crippen molar-refractivity contribution in [3.05, 3.63) is 64.4 Å². The van der Waals surface area contributed by atoms with Crippen molar-refractivity contribution in [3.8, 4) is 0 Å². The summed E-state index contributed by atoms with van der Waals surface area (Å²) in [6, 6.07) is 6.50. The lowest BCUT2D eigenvalue weighted by Crippen LogP contribution is -2.15. The van der Waals surface area contributed by atoms with Gasteiger partial charge in [0.25, 0.3) is 0 Å². The number of halogens is 4. The number of ether oxygens (including phenoxy) is 2. The van der Waals surface area contributed by atoms with E-state index in [-0.39, 0.29) is 29.5 Å². The lowest BCUT2D eigenvalue weighted by Gasteiger charge is -2.08. The highest BCUT2D eigenvalue weighted by atomic mass is 35.5. The van der Waals surface area contributed by atoms with Crippen LogP contribution in [-0.4, -0.2) is 30.1 Å². The van der Waals surface area contributed by atoms with E-state index in [2.05, 4.69) is 4.98 Å². The summed E-state index contributed by atoms with van der Waals surface area (Å²) in [6.45, 7) is -0.500. The van der Waals surface area contributed by atoms with Gasteiger partial charge in [0.15, 0.2) is 0 Å². The van der Waals surface area contributed by atoms with Gasteiger partial charge in [-0.1, -0.05) is 11.6 Å². The number of pyridine rings is 1. The van der Waals surface area contributed by atoms with Gasteiger partial charge >= 0.3 is 18.1 Å². The van der Waals surface area contributed by atoms with Gasteiger partial charge in [0.2, 0.25) is 0 Å². The minimum atomic E-state index is -4.48. The summed E-state index contributed by atoms with van der Waals surface area (Å²) < 4.78 is 47.0. The van der Waals surface area contributed by atoms with Gasteiger partial charge in [-0.3, -0.25) is 0 Å². The van der Waals surface area contributed by atoms with Crippen molar-refractivity contribution in [2.45, 2.75) is 6.18 Å². The molecule has 0 aliphatic carbocycles. The van der Waals surface area contributed by atoms with E-state index in [1.807, 2.05) is 0 Å². The Morgan fingerprint density at radius 2 is 1.60 bits per heavy atom. The van der Waals surface area contributed by atoms with E-state index in [9.17, 15) is 22.8 Å². The predicted octanol–water partition coefficient (Wildman–Crippen LogP) is 3.77.